The summed E-state index contributed by atoms with van der Waals surface area (Å²) in [6.45, 7) is 3.22. The third kappa shape index (κ3) is 1.89. The molecule has 1 atom stereocenters. The van der Waals surface area contributed by atoms with Crippen molar-refractivity contribution < 1.29 is 19.4 Å². The third-order valence-corrected chi connectivity index (χ3v) is 4.32. The van der Waals surface area contributed by atoms with E-state index >= 15 is 0 Å². The first-order chi connectivity index (χ1) is 9.52. The van der Waals surface area contributed by atoms with Crippen LogP contribution in [0.25, 0.3) is 0 Å². The van der Waals surface area contributed by atoms with Gasteiger partial charge in [0.1, 0.15) is 5.54 Å². The van der Waals surface area contributed by atoms with E-state index < -0.39 is 11.5 Å². The fourth-order valence-electron chi connectivity index (χ4n) is 2.97. The highest BCUT2D eigenvalue weighted by atomic mass is 16.5. The van der Waals surface area contributed by atoms with Gasteiger partial charge in [0.05, 0.1) is 13.2 Å². The molecule has 5 heteroatoms. The standard InChI is InChI=1S/C15H17NO4/c1-15(14(18)19)5-2-6-16(15)13(17)10-3-4-11-8-20-9-12(11)7-10/h3-4,7H,2,5-6,8-9H2,1H3,(H,18,19). The predicted octanol–water partition coefficient (Wildman–Crippen LogP) is 1.80. The van der Waals surface area contributed by atoms with Gasteiger partial charge in [-0.1, -0.05) is 6.07 Å². The summed E-state index contributed by atoms with van der Waals surface area (Å²) in [6, 6.07) is 5.48. The number of nitrogens with zero attached hydrogens (tertiary/aromatic N) is 1. The highest BCUT2D eigenvalue weighted by Crippen LogP contribution is 2.31. The Bertz CT molecular complexity index is 583. The topological polar surface area (TPSA) is 66.8 Å². The molecule has 1 aromatic carbocycles. The number of rotatable bonds is 2. The number of benzene rings is 1. The second kappa shape index (κ2) is 4.59. The molecule has 0 aromatic heterocycles. The van der Waals surface area contributed by atoms with Crippen LogP contribution in [-0.4, -0.2) is 34.0 Å². The molecule has 2 aliphatic heterocycles. The minimum absolute atomic E-state index is 0.206. The van der Waals surface area contributed by atoms with Gasteiger partial charge in [-0.05, 0) is 43.0 Å². The van der Waals surface area contributed by atoms with Crippen molar-refractivity contribution in [3.05, 3.63) is 34.9 Å². The molecule has 106 valence electrons. The van der Waals surface area contributed by atoms with E-state index in [4.69, 9.17) is 4.74 Å². The van der Waals surface area contributed by atoms with E-state index in [1.54, 1.807) is 13.0 Å². The molecule has 2 aliphatic rings. The average molecular weight is 275 g/mol. The summed E-state index contributed by atoms with van der Waals surface area (Å²) in [5.41, 5.74) is 1.58. The average Bonchev–Trinajstić information content (AvgIpc) is 3.03. The predicted molar refractivity (Wildman–Crippen MR) is 71.2 cm³/mol. The molecule has 0 spiro atoms. The molecule has 1 N–H and O–H groups in total. The van der Waals surface area contributed by atoms with Crippen LogP contribution in [0.2, 0.25) is 0 Å². The number of carboxylic acids is 1. The molecule has 1 aromatic rings. The van der Waals surface area contributed by atoms with Crippen molar-refractivity contribution in [1.29, 1.82) is 0 Å². The van der Waals surface area contributed by atoms with Crippen LogP contribution in [-0.2, 0) is 22.7 Å². The Balaban J connectivity index is 1.91. The maximum atomic E-state index is 12.6. The molecule has 0 radical (unpaired) electrons. The molecule has 0 saturated carbocycles. The zero-order valence-corrected chi connectivity index (χ0v) is 11.4. The number of carbonyl (C=O) groups excluding carboxylic acids is 1. The number of amides is 1. The number of carbonyl (C=O) groups is 2. The largest absolute Gasteiger partial charge is 0.480 e. The van der Waals surface area contributed by atoms with Gasteiger partial charge in [0, 0.05) is 12.1 Å². The third-order valence-electron chi connectivity index (χ3n) is 4.32. The maximum absolute atomic E-state index is 12.6. The van der Waals surface area contributed by atoms with Crippen molar-refractivity contribution in [3.63, 3.8) is 0 Å². The van der Waals surface area contributed by atoms with Crippen LogP contribution < -0.4 is 0 Å². The van der Waals surface area contributed by atoms with Crippen molar-refractivity contribution in [3.8, 4) is 0 Å². The lowest BCUT2D eigenvalue weighted by Gasteiger charge is -2.31. The quantitative estimate of drug-likeness (QED) is 0.893. The maximum Gasteiger partial charge on any atom is 0.329 e. The van der Waals surface area contributed by atoms with Crippen LogP contribution in [0.1, 0.15) is 41.3 Å². The summed E-state index contributed by atoms with van der Waals surface area (Å²) in [7, 11) is 0. The first kappa shape index (κ1) is 13.1. The Hall–Kier alpha value is -1.88. The van der Waals surface area contributed by atoms with Gasteiger partial charge in [-0.15, -0.1) is 0 Å². The highest BCUT2D eigenvalue weighted by Gasteiger charge is 2.46. The fourth-order valence-corrected chi connectivity index (χ4v) is 2.97. The summed E-state index contributed by atoms with van der Waals surface area (Å²) < 4.78 is 5.34. The second-order valence-electron chi connectivity index (χ2n) is 5.62. The lowest BCUT2D eigenvalue weighted by atomic mass is 9.98. The van der Waals surface area contributed by atoms with Crippen LogP contribution in [0.5, 0.6) is 0 Å². The Morgan fingerprint density at radius 1 is 1.30 bits per heavy atom. The number of likely N-dealkylation sites (tertiary alicyclic amines) is 1. The van der Waals surface area contributed by atoms with E-state index in [1.165, 1.54) is 4.90 Å². The molecular formula is C15H17NO4. The molecule has 2 heterocycles. The molecule has 1 saturated heterocycles. The van der Waals surface area contributed by atoms with Crippen LogP contribution >= 0.6 is 0 Å². The summed E-state index contributed by atoms with van der Waals surface area (Å²) in [4.78, 5) is 25.5. The summed E-state index contributed by atoms with van der Waals surface area (Å²) in [6.07, 6.45) is 1.23. The number of aliphatic carboxylic acids is 1. The Labute approximate surface area is 117 Å². The molecular weight excluding hydrogens is 258 g/mol. The number of hydrogen-bond acceptors (Lipinski definition) is 3. The van der Waals surface area contributed by atoms with Gasteiger partial charge < -0.3 is 14.7 Å². The number of fused-ring (bicyclic) bond motifs is 1. The molecule has 0 aliphatic carbocycles. The molecule has 0 bridgehead atoms. The van der Waals surface area contributed by atoms with Gasteiger partial charge in [0.25, 0.3) is 5.91 Å². The zero-order chi connectivity index (χ0) is 14.3. The Morgan fingerprint density at radius 3 is 2.80 bits per heavy atom. The molecule has 1 amide bonds. The highest BCUT2D eigenvalue weighted by molar-refractivity contribution is 5.98. The van der Waals surface area contributed by atoms with Gasteiger partial charge in [0.2, 0.25) is 0 Å². The molecule has 1 fully saturated rings. The van der Waals surface area contributed by atoms with E-state index in [0.29, 0.717) is 31.7 Å². The molecule has 3 rings (SSSR count). The summed E-state index contributed by atoms with van der Waals surface area (Å²) in [5, 5.41) is 9.38. The first-order valence-electron chi connectivity index (χ1n) is 6.77. The number of hydrogen-bond donors (Lipinski definition) is 1. The lowest BCUT2D eigenvalue weighted by Crippen LogP contribution is -2.50. The number of carboxylic acid groups (broad SMARTS) is 1. The SMILES string of the molecule is CC1(C(=O)O)CCCN1C(=O)c1ccc2c(c1)COC2. The summed E-state index contributed by atoms with van der Waals surface area (Å²) in [5.74, 6) is -1.14. The van der Waals surface area contributed by atoms with Gasteiger partial charge in [-0.2, -0.15) is 0 Å². The van der Waals surface area contributed by atoms with Gasteiger partial charge >= 0.3 is 5.97 Å². The zero-order valence-electron chi connectivity index (χ0n) is 11.4. The van der Waals surface area contributed by atoms with E-state index in [2.05, 4.69) is 0 Å². The van der Waals surface area contributed by atoms with Crippen molar-refractivity contribution in [2.45, 2.75) is 38.5 Å². The van der Waals surface area contributed by atoms with E-state index in [0.717, 1.165) is 17.5 Å². The smallest absolute Gasteiger partial charge is 0.329 e. The van der Waals surface area contributed by atoms with E-state index in [-0.39, 0.29) is 5.91 Å². The van der Waals surface area contributed by atoms with Gasteiger partial charge in [0.15, 0.2) is 0 Å². The van der Waals surface area contributed by atoms with Crippen molar-refractivity contribution >= 4 is 11.9 Å². The minimum Gasteiger partial charge on any atom is -0.480 e. The van der Waals surface area contributed by atoms with E-state index in [9.17, 15) is 14.7 Å². The molecule has 5 nitrogen and oxygen atoms in total. The lowest BCUT2D eigenvalue weighted by molar-refractivity contribution is -0.147. The van der Waals surface area contributed by atoms with Crippen LogP contribution in [0.15, 0.2) is 18.2 Å². The van der Waals surface area contributed by atoms with Crippen LogP contribution in [0.3, 0.4) is 0 Å². The normalized spacial score (nSPS) is 24.8. The molecule has 1 unspecified atom stereocenters. The Morgan fingerprint density at radius 2 is 2.05 bits per heavy atom. The van der Waals surface area contributed by atoms with Crippen LogP contribution in [0.4, 0.5) is 0 Å². The van der Waals surface area contributed by atoms with Gasteiger partial charge in [-0.3, -0.25) is 4.79 Å². The Kier molecular flexibility index (Phi) is 3.01. The monoisotopic (exact) mass is 275 g/mol. The minimum atomic E-state index is -1.09. The van der Waals surface area contributed by atoms with Crippen molar-refractivity contribution in [2.75, 3.05) is 6.54 Å². The second-order valence-corrected chi connectivity index (χ2v) is 5.62. The fraction of sp³-hybridized carbons (Fsp3) is 0.467. The number of ether oxygens (including phenoxy) is 1. The van der Waals surface area contributed by atoms with Crippen molar-refractivity contribution in [2.24, 2.45) is 0 Å². The molecule has 20 heavy (non-hydrogen) atoms. The van der Waals surface area contributed by atoms with Crippen molar-refractivity contribution in [1.82, 2.24) is 4.90 Å². The summed E-state index contributed by atoms with van der Waals surface area (Å²) >= 11 is 0. The van der Waals surface area contributed by atoms with Gasteiger partial charge in [-0.25, -0.2) is 4.79 Å². The van der Waals surface area contributed by atoms with E-state index in [1.807, 2.05) is 12.1 Å². The van der Waals surface area contributed by atoms with Crippen LogP contribution in [0, 0.1) is 0 Å². The first-order valence-corrected chi connectivity index (χ1v) is 6.77.